The molecule has 0 unspecified atom stereocenters. The topological polar surface area (TPSA) is 79.3 Å². The number of nitrogens with one attached hydrogen (secondary N) is 2. The Balaban J connectivity index is 1.85. The van der Waals surface area contributed by atoms with Gasteiger partial charge in [-0.2, -0.15) is 0 Å². The summed E-state index contributed by atoms with van der Waals surface area (Å²) in [6.07, 6.45) is 5.52. The fourth-order valence-electron chi connectivity index (χ4n) is 3.70. The Morgan fingerprint density at radius 1 is 1.11 bits per heavy atom. The van der Waals surface area contributed by atoms with Crippen molar-refractivity contribution in [2.24, 2.45) is 0 Å². The van der Waals surface area contributed by atoms with Crippen LogP contribution in [0, 0.1) is 0 Å². The van der Waals surface area contributed by atoms with Crippen LogP contribution < -0.4 is 16.1 Å². The van der Waals surface area contributed by atoms with Gasteiger partial charge in [-0.15, -0.1) is 0 Å². The number of carbonyl (C=O) groups excluding carboxylic acids is 1. The van der Waals surface area contributed by atoms with Gasteiger partial charge in [0.2, 0.25) is 11.6 Å². The van der Waals surface area contributed by atoms with Gasteiger partial charge >= 0.3 is 0 Å². The number of amides is 1. The third-order valence-corrected chi connectivity index (χ3v) is 4.84. The molecule has 2 N–H and O–H groups in total. The van der Waals surface area contributed by atoms with Crippen molar-refractivity contribution in [1.29, 1.82) is 0 Å². The Hall–Kier alpha value is -3.93. The molecule has 3 aromatic carbocycles. The fraction of sp³-hybridized carbons (Fsp3) is 0.0455. The molecule has 1 amide bonds. The summed E-state index contributed by atoms with van der Waals surface area (Å²) in [5.74, 6) is -0.101. The molecule has 6 nitrogen and oxygen atoms in total. The molecule has 0 spiro atoms. The zero-order chi connectivity index (χ0) is 19.3. The third kappa shape index (κ3) is 2.46. The molecule has 0 fully saturated rings. The van der Waals surface area contributed by atoms with Crippen molar-refractivity contribution in [2.75, 3.05) is 5.32 Å². The lowest BCUT2D eigenvalue weighted by Gasteiger charge is -2.02. The summed E-state index contributed by atoms with van der Waals surface area (Å²) < 4.78 is 1.84. The molecule has 0 saturated carbocycles. The second kappa shape index (κ2) is 6.06. The average Bonchev–Trinajstić information content (AvgIpc) is 3.28. The Kier molecular flexibility index (Phi) is 3.52. The van der Waals surface area contributed by atoms with E-state index in [9.17, 15) is 9.59 Å². The van der Waals surface area contributed by atoms with Crippen LogP contribution in [0.25, 0.3) is 33.5 Å². The summed E-state index contributed by atoms with van der Waals surface area (Å²) in [7, 11) is 0. The maximum absolute atomic E-state index is 12.4. The summed E-state index contributed by atoms with van der Waals surface area (Å²) in [6, 6.07) is 15.7. The standard InChI is InChI=1S/C22H16N4O2/c1-13(27)24-15-8-6-14(7-9-15)12-18-16-4-2-3-5-17(16)19-20(18)26-11-10-23-21(26)22(28)25-19/h2-12H,1H3,(H,24,27)(H,25,28)/b18-12+. The molecule has 0 bridgehead atoms. The maximum atomic E-state index is 12.4. The van der Waals surface area contributed by atoms with Gasteiger partial charge in [-0.1, -0.05) is 36.4 Å². The first-order valence-corrected chi connectivity index (χ1v) is 8.90. The van der Waals surface area contributed by atoms with Gasteiger partial charge in [-0.25, -0.2) is 4.98 Å². The molecule has 0 aliphatic carbocycles. The molecule has 28 heavy (non-hydrogen) atoms. The molecule has 0 radical (unpaired) electrons. The smallest absolute Gasteiger partial charge is 0.292 e. The minimum Gasteiger partial charge on any atom is -0.326 e. The molecular weight excluding hydrogens is 352 g/mol. The van der Waals surface area contributed by atoms with E-state index in [-0.39, 0.29) is 11.5 Å². The van der Waals surface area contributed by atoms with Gasteiger partial charge in [0.05, 0.1) is 11.0 Å². The largest absolute Gasteiger partial charge is 0.326 e. The maximum Gasteiger partial charge on any atom is 0.292 e. The van der Waals surface area contributed by atoms with E-state index in [1.165, 1.54) is 6.92 Å². The van der Waals surface area contributed by atoms with Crippen LogP contribution in [0.15, 0.2) is 65.7 Å². The van der Waals surface area contributed by atoms with Crippen molar-refractivity contribution in [2.45, 2.75) is 6.92 Å². The summed E-state index contributed by atoms with van der Waals surface area (Å²) in [6.45, 7) is 1.49. The number of anilines is 1. The number of fused-ring (bicyclic) bond motifs is 5. The van der Waals surface area contributed by atoms with E-state index in [1.54, 1.807) is 6.20 Å². The van der Waals surface area contributed by atoms with Gasteiger partial charge in [-0.05, 0) is 29.2 Å². The van der Waals surface area contributed by atoms with Gasteiger partial charge in [-0.3, -0.25) is 14.0 Å². The summed E-state index contributed by atoms with van der Waals surface area (Å²) >= 11 is 0. The predicted molar refractivity (Wildman–Crippen MR) is 110 cm³/mol. The van der Waals surface area contributed by atoms with Crippen molar-refractivity contribution < 1.29 is 4.79 Å². The molecule has 0 atom stereocenters. The summed E-state index contributed by atoms with van der Waals surface area (Å²) in [4.78, 5) is 30.8. The molecule has 2 aromatic heterocycles. The highest BCUT2D eigenvalue weighted by Gasteiger charge is 2.13. The van der Waals surface area contributed by atoms with E-state index >= 15 is 0 Å². The first kappa shape index (κ1) is 16.3. The normalized spacial score (nSPS) is 12.2. The number of carbonyl (C=O) groups is 1. The van der Waals surface area contributed by atoms with Crippen molar-refractivity contribution in [3.05, 3.63) is 82.1 Å². The molecule has 0 aliphatic heterocycles. The second-order valence-electron chi connectivity index (χ2n) is 6.71. The van der Waals surface area contributed by atoms with Gasteiger partial charge in [0.25, 0.3) is 5.56 Å². The van der Waals surface area contributed by atoms with Crippen LogP contribution in [0.5, 0.6) is 0 Å². The van der Waals surface area contributed by atoms with Crippen molar-refractivity contribution in [1.82, 2.24) is 14.4 Å². The first-order valence-electron chi connectivity index (χ1n) is 8.90. The monoisotopic (exact) mass is 368 g/mol. The highest BCUT2D eigenvalue weighted by atomic mass is 16.1. The van der Waals surface area contributed by atoms with E-state index in [2.05, 4.69) is 21.4 Å². The molecule has 5 aromatic rings. The number of nitrogens with zero attached hydrogens (tertiary/aromatic N) is 2. The van der Waals surface area contributed by atoms with Gasteiger partial charge in [0.1, 0.15) is 0 Å². The van der Waals surface area contributed by atoms with Crippen molar-refractivity contribution in [3.8, 4) is 0 Å². The lowest BCUT2D eigenvalue weighted by atomic mass is 10.1. The van der Waals surface area contributed by atoms with Crippen LogP contribution in [0.3, 0.4) is 0 Å². The third-order valence-electron chi connectivity index (χ3n) is 4.84. The number of hydrogen-bond acceptors (Lipinski definition) is 3. The molecule has 0 saturated heterocycles. The van der Waals surface area contributed by atoms with Gasteiger partial charge < -0.3 is 10.3 Å². The molecule has 5 rings (SSSR count). The average molecular weight is 368 g/mol. The van der Waals surface area contributed by atoms with Crippen LogP contribution in [-0.4, -0.2) is 20.3 Å². The van der Waals surface area contributed by atoms with E-state index < -0.39 is 0 Å². The summed E-state index contributed by atoms with van der Waals surface area (Å²) in [5, 5.41) is 5.83. The lowest BCUT2D eigenvalue weighted by Crippen LogP contribution is -2.13. The summed E-state index contributed by atoms with van der Waals surface area (Å²) in [5.41, 5.74) is 3.62. The molecular formula is C22H16N4O2. The number of rotatable bonds is 2. The Bertz CT molecular complexity index is 1480. The van der Waals surface area contributed by atoms with Gasteiger partial charge in [0, 0.05) is 35.6 Å². The highest BCUT2D eigenvalue weighted by molar-refractivity contribution is 6.10. The number of benzene rings is 2. The number of H-pyrrole nitrogens is 1. The van der Waals surface area contributed by atoms with Crippen LogP contribution in [0.2, 0.25) is 0 Å². The quantitative estimate of drug-likeness (QED) is 0.503. The van der Waals surface area contributed by atoms with Crippen LogP contribution >= 0.6 is 0 Å². The number of aromatic amines is 1. The molecule has 0 aliphatic rings. The minimum atomic E-state index is -0.209. The number of hydrogen-bond donors (Lipinski definition) is 2. The van der Waals surface area contributed by atoms with Crippen LogP contribution in [-0.2, 0) is 4.79 Å². The second-order valence-corrected chi connectivity index (χ2v) is 6.71. The zero-order valence-corrected chi connectivity index (χ0v) is 15.1. The molecule has 136 valence electrons. The van der Waals surface area contributed by atoms with Crippen LogP contribution in [0.4, 0.5) is 5.69 Å². The Morgan fingerprint density at radius 2 is 1.86 bits per heavy atom. The highest BCUT2D eigenvalue weighted by Crippen LogP contribution is 2.22. The zero-order valence-electron chi connectivity index (χ0n) is 15.1. The van der Waals surface area contributed by atoms with Crippen molar-refractivity contribution in [3.63, 3.8) is 0 Å². The Morgan fingerprint density at radius 3 is 2.61 bits per heavy atom. The van der Waals surface area contributed by atoms with E-state index in [0.717, 1.165) is 38.3 Å². The van der Waals surface area contributed by atoms with E-state index in [0.29, 0.717) is 5.65 Å². The number of aromatic nitrogens is 3. The van der Waals surface area contributed by atoms with Crippen LogP contribution in [0.1, 0.15) is 12.5 Å². The van der Waals surface area contributed by atoms with Gasteiger partial charge in [0.15, 0.2) is 0 Å². The van der Waals surface area contributed by atoms with E-state index in [4.69, 9.17) is 0 Å². The first-order chi connectivity index (χ1) is 13.6. The SMILES string of the molecule is CC(=O)Nc1ccc(/C=c2\c3ccccc3c3[nH]c(=O)c4nccn4c23)cc1. The Labute approximate surface area is 159 Å². The van der Waals surface area contributed by atoms with Crippen molar-refractivity contribution >= 4 is 45.1 Å². The fourth-order valence-corrected chi connectivity index (χ4v) is 3.70. The molecule has 6 heteroatoms. The van der Waals surface area contributed by atoms with E-state index in [1.807, 2.05) is 59.1 Å². The predicted octanol–water partition coefficient (Wildman–Crippen LogP) is 2.84. The molecule has 2 heterocycles. The minimum absolute atomic E-state index is 0.101. The lowest BCUT2D eigenvalue weighted by molar-refractivity contribution is -0.114. The number of imidazole rings is 1.